The molecular weight excluding hydrogens is 392 g/mol. The van der Waals surface area contributed by atoms with E-state index < -0.39 is 0 Å². The first-order valence-electron chi connectivity index (χ1n) is 10.1. The van der Waals surface area contributed by atoms with Crippen LogP contribution in [0.3, 0.4) is 0 Å². The summed E-state index contributed by atoms with van der Waals surface area (Å²) in [4.78, 5) is 18.0. The van der Waals surface area contributed by atoms with E-state index in [2.05, 4.69) is 28.7 Å². The molecule has 8 heteroatoms. The van der Waals surface area contributed by atoms with Crippen LogP contribution in [0.4, 0.5) is 17.1 Å². The van der Waals surface area contributed by atoms with E-state index in [0.717, 1.165) is 25.2 Å². The number of amides is 1. The van der Waals surface area contributed by atoms with E-state index in [1.807, 2.05) is 51.3 Å². The lowest BCUT2D eigenvalue weighted by molar-refractivity contribution is -0.111. The molecule has 170 valence electrons. The highest BCUT2D eigenvalue weighted by Gasteiger charge is 2.17. The van der Waals surface area contributed by atoms with Crippen LogP contribution < -0.4 is 20.3 Å². The number of anilines is 3. The second-order valence-corrected chi connectivity index (χ2v) is 7.34. The molecule has 1 rings (SSSR count). The Hall–Kier alpha value is -3.26. The van der Waals surface area contributed by atoms with Gasteiger partial charge in [-0.25, -0.2) is 0 Å². The Balaban J connectivity index is 3.16. The van der Waals surface area contributed by atoms with Gasteiger partial charge in [0.25, 0.3) is 0 Å². The molecule has 0 aliphatic heterocycles. The molecule has 0 saturated heterocycles. The zero-order valence-electron chi connectivity index (χ0n) is 19.4. The highest BCUT2D eigenvalue weighted by Crippen LogP contribution is 2.37. The van der Waals surface area contributed by atoms with Gasteiger partial charge in [0.15, 0.2) is 5.96 Å². The Morgan fingerprint density at radius 3 is 2.39 bits per heavy atom. The zero-order valence-corrected chi connectivity index (χ0v) is 19.4. The maximum atomic E-state index is 12.0. The Kier molecular flexibility index (Phi) is 10.9. The van der Waals surface area contributed by atoms with E-state index in [1.165, 1.54) is 6.08 Å². The molecule has 1 amide bonds. The molecule has 0 aliphatic carbocycles. The van der Waals surface area contributed by atoms with E-state index in [1.54, 1.807) is 24.2 Å². The molecule has 0 fully saturated rings. The van der Waals surface area contributed by atoms with Crippen molar-refractivity contribution in [2.75, 3.05) is 70.5 Å². The van der Waals surface area contributed by atoms with Crippen LogP contribution in [0.25, 0.3) is 0 Å². The van der Waals surface area contributed by atoms with Gasteiger partial charge >= 0.3 is 0 Å². The van der Waals surface area contributed by atoms with Gasteiger partial charge in [-0.05, 0) is 32.7 Å². The topological polar surface area (TPSA) is 83.9 Å². The summed E-state index contributed by atoms with van der Waals surface area (Å²) in [6.07, 6.45) is 7.63. The maximum Gasteiger partial charge on any atom is 0.247 e. The largest absolute Gasteiger partial charge is 0.494 e. The fraction of sp³-hybridized carbons (Fsp3) is 0.391. The molecule has 8 nitrogen and oxygen atoms in total. The van der Waals surface area contributed by atoms with Gasteiger partial charge in [0.1, 0.15) is 5.75 Å². The second-order valence-electron chi connectivity index (χ2n) is 7.34. The summed E-state index contributed by atoms with van der Waals surface area (Å²) in [5, 5.41) is 14.3. The van der Waals surface area contributed by atoms with E-state index >= 15 is 0 Å². The summed E-state index contributed by atoms with van der Waals surface area (Å²) in [5.74, 6) is 0.493. The number of rotatable bonds is 12. The fourth-order valence-corrected chi connectivity index (χ4v) is 2.70. The number of methoxy groups -OCH3 is 1. The van der Waals surface area contributed by atoms with Crippen LogP contribution in [0, 0.1) is 5.41 Å². The monoisotopic (exact) mass is 428 g/mol. The van der Waals surface area contributed by atoms with Gasteiger partial charge in [-0.2, -0.15) is 0 Å². The highest BCUT2D eigenvalue weighted by molar-refractivity contribution is 6.03. The third-order valence-electron chi connectivity index (χ3n) is 4.59. The molecule has 0 radical (unpaired) electrons. The summed E-state index contributed by atoms with van der Waals surface area (Å²) in [7, 11) is 9.41. The van der Waals surface area contributed by atoms with Crippen LogP contribution in [-0.4, -0.2) is 76.6 Å². The first-order chi connectivity index (χ1) is 14.7. The lowest BCUT2D eigenvalue weighted by Gasteiger charge is -2.27. The Labute approximate surface area is 186 Å². The molecule has 0 unspecified atom stereocenters. The molecule has 1 aromatic carbocycles. The molecule has 1 aromatic rings. The number of ether oxygens (including phenoxy) is 1. The number of hydrogen-bond donors (Lipinski definition) is 3. The van der Waals surface area contributed by atoms with Crippen molar-refractivity contribution >= 4 is 28.9 Å². The van der Waals surface area contributed by atoms with Crippen molar-refractivity contribution in [1.82, 2.24) is 9.80 Å². The molecule has 0 aliphatic rings. The van der Waals surface area contributed by atoms with Gasteiger partial charge in [0, 0.05) is 39.8 Å². The minimum absolute atomic E-state index is 0.222. The van der Waals surface area contributed by atoms with E-state index in [9.17, 15) is 4.79 Å². The second kappa shape index (κ2) is 13.1. The van der Waals surface area contributed by atoms with Gasteiger partial charge in [0.2, 0.25) is 5.91 Å². The Morgan fingerprint density at radius 1 is 1.10 bits per heavy atom. The van der Waals surface area contributed by atoms with E-state index in [-0.39, 0.29) is 11.9 Å². The van der Waals surface area contributed by atoms with Crippen LogP contribution in [0.1, 0.15) is 6.42 Å². The van der Waals surface area contributed by atoms with Crippen LogP contribution in [0.5, 0.6) is 5.75 Å². The molecule has 0 saturated carbocycles. The molecule has 31 heavy (non-hydrogen) atoms. The van der Waals surface area contributed by atoms with Crippen LogP contribution >= 0.6 is 0 Å². The summed E-state index contributed by atoms with van der Waals surface area (Å²) in [6, 6.07) is 3.64. The van der Waals surface area contributed by atoms with Crippen molar-refractivity contribution in [2.24, 2.45) is 0 Å². The number of hydrogen-bond acceptors (Lipinski definition) is 5. The summed E-state index contributed by atoms with van der Waals surface area (Å²) >= 11 is 0. The maximum absolute atomic E-state index is 12.0. The van der Waals surface area contributed by atoms with Crippen LogP contribution in [0.15, 0.2) is 49.6 Å². The van der Waals surface area contributed by atoms with E-state index in [4.69, 9.17) is 10.1 Å². The summed E-state index contributed by atoms with van der Waals surface area (Å²) in [6.45, 7) is 9.47. The fourth-order valence-electron chi connectivity index (χ4n) is 2.70. The molecular formula is C23H36N6O2. The van der Waals surface area contributed by atoms with E-state index in [0.29, 0.717) is 23.7 Å². The predicted octanol–water partition coefficient (Wildman–Crippen LogP) is 3.23. The van der Waals surface area contributed by atoms with Crippen LogP contribution in [0.2, 0.25) is 0 Å². The summed E-state index contributed by atoms with van der Waals surface area (Å²) < 4.78 is 5.57. The molecule has 3 N–H and O–H groups in total. The predicted molar refractivity (Wildman–Crippen MR) is 132 cm³/mol. The molecule has 0 aromatic heterocycles. The average molecular weight is 429 g/mol. The summed E-state index contributed by atoms with van der Waals surface area (Å²) in [5.41, 5.74) is 2.01. The van der Waals surface area contributed by atoms with Crippen molar-refractivity contribution in [1.29, 1.82) is 5.41 Å². The van der Waals surface area contributed by atoms with Gasteiger partial charge in [-0.1, -0.05) is 31.4 Å². The van der Waals surface area contributed by atoms with Gasteiger partial charge in [-0.3, -0.25) is 10.2 Å². The lowest BCUT2D eigenvalue weighted by Crippen LogP contribution is -2.33. The standard InChI is InChI=1S/C23H36N6O2/c1-8-10-11-12-13-29(6)23(24)26-19-16-18(25-22(30)9-2)20(17-21(19)31-7)28(5)15-14-27(3)4/h8-11,16-17H,1-2,12-15H2,3-7H3,(H2,24,26)(H,25,30)/b11-10-. The Morgan fingerprint density at radius 2 is 1.81 bits per heavy atom. The number of carbonyl (C=O) groups is 1. The van der Waals surface area contributed by atoms with Gasteiger partial charge in [-0.15, -0.1) is 0 Å². The first-order valence-corrected chi connectivity index (χ1v) is 10.1. The number of guanidine groups is 1. The molecule has 0 atom stereocenters. The molecule has 0 heterocycles. The normalized spacial score (nSPS) is 10.6. The average Bonchev–Trinajstić information content (AvgIpc) is 2.74. The van der Waals surface area contributed by atoms with Crippen molar-refractivity contribution < 1.29 is 9.53 Å². The van der Waals surface area contributed by atoms with Crippen molar-refractivity contribution in [3.8, 4) is 5.75 Å². The van der Waals surface area contributed by atoms with Crippen molar-refractivity contribution in [2.45, 2.75) is 6.42 Å². The van der Waals surface area contributed by atoms with Crippen LogP contribution in [-0.2, 0) is 4.79 Å². The smallest absolute Gasteiger partial charge is 0.247 e. The van der Waals surface area contributed by atoms with Crippen molar-refractivity contribution in [3.05, 3.63) is 49.6 Å². The number of allylic oxidation sites excluding steroid dienone is 2. The molecule has 0 bridgehead atoms. The third-order valence-corrected chi connectivity index (χ3v) is 4.59. The highest BCUT2D eigenvalue weighted by atomic mass is 16.5. The quantitative estimate of drug-likeness (QED) is 0.205. The minimum Gasteiger partial charge on any atom is -0.494 e. The minimum atomic E-state index is -0.306. The number of likely N-dealkylation sites (N-methyl/N-ethyl adjacent to an activating group) is 2. The van der Waals surface area contributed by atoms with Gasteiger partial charge in [0.05, 0.1) is 24.2 Å². The third kappa shape index (κ3) is 8.55. The first kappa shape index (κ1) is 25.8. The number of nitrogens with zero attached hydrogens (tertiary/aromatic N) is 3. The van der Waals surface area contributed by atoms with Gasteiger partial charge < -0.3 is 30.1 Å². The SMILES string of the molecule is C=C/C=C\CCN(C)C(=N)Nc1cc(NC(=O)C=C)c(N(C)CCN(C)C)cc1OC. The molecule has 0 spiro atoms. The lowest BCUT2D eigenvalue weighted by atomic mass is 10.2. The Bertz CT molecular complexity index is 804. The number of nitrogens with one attached hydrogen (secondary N) is 3. The van der Waals surface area contributed by atoms with Crippen molar-refractivity contribution in [3.63, 3.8) is 0 Å². The number of benzene rings is 1. The zero-order chi connectivity index (χ0) is 23.4. The number of carbonyl (C=O) groups excluding carboxylic acids is 1.